The second-order valence-electron chi connectivity index (χ2n) is 12.1. The Bertz CT molecular complexity index is 1460. The van der Waals surface area contributed by atoms with Crippen LogP contribution in [0.25, 0.3) is 0 Å². The average Bonchev–Trinajstić information content (AvgIpc) is 3.30. The highest BCUT2D eigenvalue weighted by Crippen LogP contribution is 2.66. The second kappa shape index (κ2) is 11.0. The summed E-state index contributed by atoms with van der Waals surface area (Å²) >= 11 is 1.53. The molecule has 220 valence electrons. The topological polar surface area (TPSA) is 87.2 Å². The van der Waals surface area contributed by atoms with Gasteiger partial charge in [-0.2, -0.15) is 0 Å². The van der Waals surface area contributed by atoms with Gasteiger partial charge in [0.1, 0.15) is 6.04 Å². The van der Waals surface area contributed by atoms with Crippen LogP contribution < -0.4 is 4.90 Å². The number of carbonyl (C=O) groups is 3. The molecule has 2 amide bonds. The molecule has 1 spiro atoms. The summed E-state index contributed by atoms with van der Waals surface area (Å²) in [5, 5.41) is 10.8. The van der Waals surface area contributed by atoms with Crippen LogP contribution in [0, 0.1) is 25.7 Å². The molecule has 2 fully saturated rings. The summed E-state index contributed by atoms with van der Waals surface area (Å²) in [4.78, 5) is 46.9. The Hall–Kier alpha value is -3.36. The van der Waals surface area contributed by atoms with Crippen LogP contribution in [0.1, 0.15) is 48.9 Å². The number of anilines is 1. The largest absolute Gasteiger partial charge is 0.465 e. The van der Waals surface area contributed by atoms with Gasteiger partial charge < -0.3 is 19.6 Å². The third kappa shape index (κ3) is 4.51. The van der Waals surface area contributed by atoms with E-state index in [1.165, 1.54) is 11.8 Å². The van der Waals surface area contributed by atoms with E-state index in [9.17, 15) is 19.5 Å². The zero-order valence-corrected chi connectivity index (χ0v) is 25.2. The summed E-state index contributed by atoms with van der Waals surface area (Å²) in [5.41, 5.74) is 3.52. The molecule has 7 nitrogen and oxygen atoms in total. The number of aryl methyl sites for hydroxylation is 2. The Balaban J connectivity index is 1.55. The summed E-state index contributed by atoms with van der Waals surface area (Å²) in [6.45, 7) is 6.26. The Morgan fingerprint density at radius 3 is 2.55 bits per heavy atom. The van der Waals surface area contributed by atoms with Crippen molar-refractivity contribution in [3.63, 3.8) is 0 Å². The number of aliphatic hydroxyl groups excluding tert-OH is 1. The normalized spacial score (nSPS) is 32.5. The zero-order valence-electron chi connectivity index (χ0n) is 24.4. The number of aliphatic hydroxyl groups is 1. The van der Waals surface area contributed by atoms with Gasteiger partial charge in [-0.1, -0.05) is 66.8 Å². The summed E-state index contributed by atoms with van der Waals surface area (Å²) in [6.07, 6.45) is 10.7. The molecule has 0 aromatic heterocycles. The summed E-state index contributed by atoms with van der Waals surface area (Å²) in [6, 6.07) is 13.7. The van der Waals surface area contributed by atoms with Crippen molar-refractivity contribution in [1.29, 1.82) is 0 Å². The molecule has 2 aromatic carbocycles. The Morgan fingerprint density at radius 1 is 1.00 bits per heavy atom. The number of benzene rings is 2. The molecule has 6 rings (SSSR count). The number of amides is 2. The van der Waals surface area contributed by atoms with Gasteiger partial charge in [0.15, 0.2) is 0 Å². The number of hydrogen-bond donors (Lipinski definition) is 1. The molecule has 8 heteroatoms. The van der Waals surface area contributed by atoms with Gasteiger partial charge in [0.05, 0.1) is 35.8 Å². The van der Waals surface area contributed by atoms with Crippen molar-refractivity contribution >= 4 is 35.2 Å². The van der Waals surface area contributed by atoms with Crippen molar-refractivity contribution in [1.82, 2.24) is 4.90 Å². The van der Waals surface area contributed by atoms with E-state index in [1.807, 2.05) is 81.5 Å². The number of allylic oxidation sites excluding steroid dienone is 1. The van der Waals surface area contributed by atoms with Gasteiger partial charge >= 0.3 is 5.97 Å². The Labute approximate surface area is 251 Å². The monoisotopic (exact) mass is 586 g/mol. The van der Waals surface area contributed by atoms with Crippen LogP contribution in [0.5, 0.6) is 0 Å². The van der Waals surface area contributed by atoms with E-state index < -0.39 is 39.4 Å². The van der Waals surface area contributed by atoms with Crippen molar-refractivity contribution in [2.75, 3.05) is 24.7 Å². The first-order chi connectivity index (χ1) is 20.2. The van der Waals surface area contributed by atoms with Gasteiger partial charge in [-0.25, -0.2) is 0 Å². The molecule has 0 radical (unpaired) electrons. The molecular weight excluding hydrogens is 548 g/mol. The fourth-order valence-electron chi connectivity index (χ4n) is 7.33. The number of cyclic esters (lactones) is 1. The Morgan fingerprint density at radius 2 is 1.79 bits per heavy atom. The van der Waals surface area contributed by atoms with Crippen LogP contribution in [0.4, 0.5) is 5.69 Å². The van der Waals surface area contributed by atoms with E-state index in [0.29, 0.717) is 13.2 Å². The molecule has 0 aliphatic carbocycles. The van der Waals surface area contributed by atoms with Crippen LogP contribution in [0.2, 0.25) is 0 Å². The van der Waals surface area contributed by atoms with Gasteiger partial charge in [0.25, 0.3) is 5.91 Å². The molecule has 2 saturated heterocycles. The minimum atomic E-state index is -1.03. The van der Waals surface area contributed by atoms with Gasteiger partial charge in [-0.3, -0.25) is 14.4 Å². The number of thioether (sulfide) groups is 1. The van der Waals surface area contributed by atoms with Crippen LogP contribution in [-0.4, -0.2) is 63.1 Å². The fourth-order valence-corrected chi connectivity index (χ4v) is 9.47. The van der Waals surface area contributed by atoms with Crippen LogP contribution in [0.3, 0.4) is 0 Å². The highest BCUT2D eigenvalue weighted by atomic mass is 32.2. The van der Waals surface area contributed by atoms with Crippen LogP contribution in [-0.2, 0) is 19.1 Å². The van der Waals surface area contributed by atoms with E-state index in [1.54, 1.807) is 9.80 Å². The lowest BCUT2D eigenvalue weighted by atomic mass is 9.74. The van der Waals surface area contributed by atoms with Crippen molar-refractivity contribution in [2.24, 2.45) is 11.8 Å². The van der Waals surface area contributed by atoms with E-state index in [4.69, 9.17) is 4.74 Å². The zero-order chi connectivity index (χ0) is 29.6. The number of carbonyl (C=O) groups excluding carboxylic acids is 3. The molecule has 1 unspecified atom stereocenters. The number of likely N-dealkylation sites (tertiary alicyclic amines) is 1. The van der Waals surface area contributed by atoms with Crippen molar-refractivity contribution < 1.29 is 24.2 Å². The maximum atomic E-state index is 14.9. The molecule has 4 heterocycles. The number of hydrogen-bond acceptors (Lipinski definition) is 6. The molecule has 42 heavy (non-hydrogen) atoms. The highest BCUT2D eigenvalue weighted by molar-refractivity contribution is 8.02. The summed E-state index contributed by atoms with van der Waals surface area (Å²) < 4.78 is 4.01. The van der Waals surface area contributed by atoms with Crippen molar-refractivity contribution in [3.8, 4) is 0 Å². The maximum absolute atomic E-state index is 14.9. The lowest BCUT2D eigenvalue weighted by Gasteiger charge is -2.40. The number of ether oxygens (including phenoxy) is 1. The lowest BCUT2D eigenvalue weighted by Crippen LogP contribution is -2.54. The van der Waals surface area contributed by atoms with Crippen LogP contribution >= 0.6 is 11.8 Å². The second-order valence-corrected chi connectivity index (χ2v) is 13.8. The molecular formula is C34H38N2O5S. The van der Waals surface area contributed by atoms with Crippen LogP contribution in [0.15, 0.2) is 72.8 Å². The average molecular weight is 587 g/mol. The van der Waals surface area contributed by atoms with E-state index in [2.05, 4.69) is 12.2 Å². The van der Waals surface area contributed by atoms with Gasteiger partial charge in [0.2, 0.25) is 5.91 Å². The predicted octanol–water partition coefficient (Wildman–Crippen LogP) is 4.91. The smallest absolute Gasteiger partial charge is 0.311 e. The molecule has 4 aliphatic rings. The lowest BCUT2D eigenvalue weighted by molar-refractivity contribution is -0.154. The molecule has 6 atom stereocenters. The summed E-state index contributed by atoms with van der Waals surface area (Å²) in [5.74, 6) is -2.52. The van der Waals surface area contributed by atoms with E-state index in [0.717, 1.165) is 41.6 Å². The van der Waals surface area contributed by atoms with Crippen molar-refractivity contribution in [2.45, 2.75) is 61.6 Å². The quantitative estimate of drug-likeness (QED) is 0.405. The molecule has 2 aromatic rings. The van der Waals surface area contributed by atoms with E-state index in [-0.39, 0.29) is 18.4 Å². The number of nitrogens with zero attached hydrogens (tertiary/aromatic N) is 2. The first-order valence-corrected chi connectivity index (χ1v) is 15.6. The summed E-state index contributed by atoms with van der Waals surface area (Å²) in [7, 11) is 0. The Kier molecular flexibility index (Phi) is 7.56. The minimum Gasteiger partial charge on any atom is -0.465 e. The number of fused-ring (bicyclic) bond motifs is 2. The van der Waals surface area contributed by atoms with Gasteiger partial charge in [-0.05, 0) is 62.8 Å². The minimum absolute atomic E-state index is 0.212. The molecule has 4 aliphatic heterocycles. The standard InChI is InChI=1S/C34H38N2O5S/c1-22-14-15-23(2)25(20-22)35-18-11-17-34-27(28-32(40)41-19-10-5-4-9-16-33(28,3)42-34)30(38)36(29(34)31(35)39)26(21-37)24-12-7-6-8-13-24/h6-9,11-17,20,26-29,37H,4-5,10,18-19,21H2,1-3H3/b16-9-/t26-,27+,28-,29?,33+,34+/m1/s1. The van der Waals surface area contributed by atoms with Crippen molar-refractivity contribution in [3.05, 3.63) is 89.5 Å². The highest BCUT2D eigenvalue weighted by Gasteiger charge is 2.74. The molecule has 0 bridgehead atoms. The third-order valence-corrected chi connectivity index (χ3v) is 11.1. The molecule has 1 N–H and O–H groups in total. The predicted molar refractivity (Wildman–Crippen MR) is 164 cm³/mol. The first kappa shape index (κ1) is 28.7. The molecule has 0 saturated carbocycles. The number of esters is 1. The van der Waals surface area contributed by atoms with Gasteiger partial charge in [0, 0.05) is 17.0 Å². The van der Waals surface area contributed by atoms with Gasteiger partial charge in [-0.15, -0.1) is 11.8 Å². The first-order valence-electron chi connectivity index (χ1n) is 14.8. The SMILES string of the molecule is Cc1ccc(C)c(N2CC=C[C@]34S[C@@]5(C)/C=C\CCCCOC(=O)[C@H]5[C@H]3C(=O)N([C@H](CO)c3ccccc3)C4C2=O)c1. The fraction of sp³-hybridized carbons (Fsp3) is 0.441. The van der Waals surface area contributed by atoms with E-state index >= 15 is 0 Å². The number of rotatable bonds is 4. The third-order valence-electron chi connectivity index (χ3n) is 9.29. The maximum Gasteiger partial charge on any atom is 0.311 e.